The molecule has 1 atom stereocenters. The molecule has 0 saturated heterocycles. The Bertz CT molecular complexity index is 924. The van der Waals surface area contributed by atoms with E-state index in [-0.39, 0.29) is 5.91 Å². The smallest absolute Gasteiger partial charge is 0.328 e. The Kier molecular flexibility index (Phi) is 5.88. The molecule has 0 aliphatic heterocycles. The van der Waals surface area contributed by atoms with E-state index in [0.29, 0.717) is 17.7 Å². The van der Waals surface area contributed by atoms with Crippen LogP contribution >= 0.6 is 11.3 Å². The summed E-state index contributed by atoms with van der Waals surface area (Å²) in [5, 5.41) is 4.74. The normalized spacial score (nSPS) is 11.6. The highest BCUT2D eigenvalue weighted by atomic mass is 32.1. The Labute approximate surface area is 161 Å². The quantitative estimate of drug-likeness (QED) is 0.506. The van der Waals surface area contributed by atoms with E-state index in [1.807, 2.05) is 47.8 Å². The number of thiophene rings is 1. The number of ether oxygens (including phenoxy) is 1. The first-order valence-electron chi connectivity index (χ1n) is 8.44. The summed E-state index contributed by atoms with van der Waals surface area (Å²) < 4.78 is 4.87. The molecule has 0 bridgehead atoms. The van der Waals surface area contributed by atoms with Gasteiger partial charge in [0.1, 0.15) is 6.04 Å². The highest BCUT2D eigenvalue weighted by Gasteiger charge is 2.24. The van der Waals surface area contributed by atoms with E-state index >= 15 is 0 Å². The number of rotatable bonds is 6. The van der Waals surface area contributed by atoms with Crippen LogP contribution in [0.3, 0.4) is 0 Å². The van der Waals surface area contributed by atoms with Crippen molar-refractivity contribution in [3.8, 4) is 10.4 Å². The van der Waals surface area contributed by atoms with Crippen molar-refractivity contribution in [1.29, 1.82) is 0 Å². The van der Waals surface area contributed by atoms with E-state index in [1.54, 1.807) is 18.2 Å². The Morgan fingerprint density at radius 2 is 1.89 bits per heavy atom. The van der Waals surface area contributed by atoms with Gasteiger partial charge in [-0.15, -0.1) is 11.3 Å². The topological polar surface area (TPSA) is 81.4 Å². The standard InChI is InChI=1S/C21H20N2O3S/c1-26-21(25)18(12-14-6-3-2-4-7-14)23-20(24)16-10-9-15(22)13-17(16)19-8-5-11-27-19/h2-11,13,18H,12,22H2,1H3,(H,23,24)/t18-/m0/s1. The summed E-state index contributed by atoms with van der Waals surface area (Å²) >= 11 is 1.52. The number of amides is 1. The van der Waals surface area contributed by atoms with Crippen molar-refractivity contribution in [2.24, 2.45) is 0 Å². The average Bonchev–Trinajstić information content (AvgIpc) is 3.22. The molecule has 0 unspecified atom stereocenters. The highest BCUT2D eigenvalue weighted by molar-refractivity contribution is 7.13. The van der Waals surface area contributed by atoms with Gasteiger partial charge < -0.3 is 15.8 Å². The Morgan fingerprint density at radius 1 is 1.11 bits per heavy atom. The molecule has 27 heavy (non-hydrogen) atoms. The van der Waals surface area contributed by atoms with E-state index in [1.165, 1.54) is 18.4 Å². The van der Waals surface area contributed by atoms with Gasteiger partial charge >= 0.3 is 5.97 Å². The number of nitrogens with one attached hydrogen (secondary N) is 1. The van der Waals surface area contributed by atoms with Crippen LogP contribution in [0.4, 0.5) is 5.69 Å². The van der Waals surface area contributed by atoms with Crippen LogP contribution in [0, 0.1) is 0 Å². The zero-order valence-electron chi connectivity index (χ0n) is 14.8. The number of nitrogens with two attached hydrogens (primary N) is 1. The number of nitrogen functional groups attached to an aromatic ring is 1. The van der Waals surface area contributed by atoms with Gasteiger partial charge in [0.2, 0.25) is 0 Å². The Hall–Kier alpha value is -3.12. The van der Waals surface area contributed by atoms with Crippen LogP contribution < -0.4 is 11.1 Å². The van der Waals surface area contributed by atoms with E-state index in [4.69, 9.17) is 10.5 Å². The largest absolute Gasteiger partial charge is 0.467 e. The molecule has 3 aromatic rings. The zero-order valence-corrected chi connectivity index (χ0v) is 15.7. The fraction of sp³-hybridized carbons (Fsp3) is 0.143. The van der Waals surface area contributed by atoms with E-state index in [9.17, 15) is 9.59 Å². The van der Waals surface area contributed by atoms with Crippen molar-refractivity contribution >= 4 is 28.9 Å². The number of anilines is 1. The van der Waals surface area contributed by atoms with Crippen molar-refractivity contribution in [2.75, 3.05) is 12.8 Å². The van der Waals surface area contributed by atoms with Crippen molar-refractivity contribution in [3.05, 3.63) is 77.2 Å². The summed E-state index contributed by atoms with van der Waals surface area (Å²) in [7, 11) is 1.31. The SMILES string of the molecule is COC(=O)[C@H](Cc1ccccc1)NC(=O)c1ccc(N)cc1-c1cccs1. The third-order valence-electron chi connectivity index (χ3n) is 4.15. The maximum absolute atomic E-state index is 12.9. The lowest BCUT2D eigenvalue weighted by Crippen LogP contribution is -2.43. The van der Waals surface area contributed by atoms with Crippen molar-refractivity contribution in [2.45, 2.75) is 12.5 Å². The first-order chi connectivity index (χ1) is 13.1. The van der Waals surface area contributed by atoms with Gasteiger partial charge in [-0.05, 0) is 35.2 Å². The molecule has 0 aliphatic rings. The molecular formula is C21H20N2O3S. The van der Waals surface area contributed by atoms with Crippen molar-refractivity contribution < 1.29 is 14.3 Å². The summed E-state index contributed by atoms with van der Waals surface area (Å²) in [6, 6.07) is 17.7. The summed E-state index contributed by atoms with van der Waals surface area (Å²) in [5.41, 5.74) is 8.62. The van der Waals surface area contributed by atoms with Gasteiger partial charge in [-0.3, -0.25) is 4.79 Å². The fourth-order valence-corrected chi connectivity index (χ4v) is 3.57. The van der Waals surface area contributed by atoms with Crippen LogP contribution in [0.2, 0.25) is 0 Å². The number of methoxy groups -OCH3 is 1. The molecule has 0 spiro atoms. The lowest BCUT2D eigenvalue weighted by atomic mass is 10.0. The second kappa shape index (κ2) is 8.51. The van der Waals surface area contributed by atoms with Gasteiger partial charge in [0.05, 0.1) is 7.11 Å². The lowest BCUT2D eigenvalue weighted by Gasteiger charge is -2.18. The van der Waals surface area contributed by atoms with Gasteiger partial charge in [-0.2, -0.15) is 0 Å². The van der Waals surface area contributed by atoms with Crippen LogP contribution in [-0.2, 0) is 16.0 Å². The van der Waals surface area contributed by atoms with Gasteiger partial charge in [-0.25, -0.2) is 4.79 Å². The molecule has 3 N–H and O–H groups in total. The number of carbonyl (C=O) groups excluding carboxylic acids is 2. The van der Waals surface area contributed by atoms with Crippen LogP contribution in [0.5, 0.6) is 0 Å². The third-order valence-corrected chi connectivity index (χ3v) is 5.05. The number of carbonyl (C=O) groups is 2. The number of hydrogen-bond acceptors (Lipinski definition) is 5. The van der Waals surface area contributed by atoms with Crippen LogP contribution in [-0.4, -0.2) is 25.0 Å². The minimum absolute atomic E-state index is 0.343. The van der Waals surface area contributed by atoms with Gasteiger partial charge in [0, 0.05) is 28.1 Å². The van der Waals surface area contributed by atoms with Crippen LogP contribution in [0.25, 0.3) is 10.4 Å². The summed E-state index contributed by atoms with van der Waals surface area (Å²) in [6.45, 7) is 0. The van der Waals surface area contributed by atoms with E-state index in [2.05, 4.69) is 5.32 Å². The molecule has 2 aromatic carbocycles. The molecule has 1 aromatic heterocycles. The Balaban J connectivity index is 1.87. The maximum atomic E-state index is 12.9. The predicted octanol–water partition coefficient (Wildman–Crippen LogP) is 3.51. The minimum Gasteiger partial charge on any atom is -0.467 e. The number of benzene rings is 2. The van der Waals surface area contributed by atoms with Gasteiger partial charge in [0.15, 0.2) is 0 Å². The minimum atomic E-state index is -0.779. The monoisotopic (exact) mass is 380 g/mol. The van der Waals surface area contributed by atoms with E-state index < -0.39 is 12.0 Å². The molecular weight excluding hydrogens is 360 g/mol. The molecule has 0 radical (unpaired) electrons. The molecule has 5 nitrogen and oxygen atoms in total. The molecule has 1 heterocycles. The summed E-state index contributed by atoms with van der Waals surface area (Å²) in [6.07, 6.45) is 0.350. The maximum Gasteiger partial charge on any atom is 0.328 e. The first kappa shape index (κ1) is 18.7. The highest BCUT2D eigenvalue weighted by Crippen LogP contribution is 2.30. The van der Waals surface area contributed by atoms with Crippen LogP contribution in [0.15, 0.2) is 66.0 Å². The molecule has 6 heteroatoms. The average molecular weight is 380 g/mol. The predicted molar refractivity (Wildman–Crippen MR) is 108 cm³/mol. The van der Waals surface area contributed by atoms with E-state index in [0.717, 1.165) is 16.0 Å². The van der Waals surface area contributed by atoms with Gasteiger partial charge in [0.25, 0.3) is 5.91 Å². The summed E-state index contributed by atoms with van der Waals surface area (Å²) in [4.78, 5) is 26.1. The Morgan fingerprint density at radius 3 is 2.56 bits per heavy atom. The molecule has 3 rings (SSSR count). The molecule has 0 fully saturated rings. The molecule has 1 amide bonds. The van der Waals surface area contributed by atoms with Gasteiger partial charge in [-0.1, -0.05) is 36.4 Å². The molecule has 0 saturated carbocycles. The zero-order chi connectivity index (χ0) is 19.2. The second-order valence-corrected chi connectivity index (χ2v) is 6.97. The second-order valence-electron chi connectivity index (χ2n) is 6.02. The first-order valence-corrected chi connectivity index (χ1v) is 9.32. The molecule has 0 aliphatic carbocycles. The third kappa shape index (κ3) is 4.54. The number of esters is 1. The number of hydrogen-bond donors (Lipinski definition) is 2. The van der Waals surface area contributed by atoms with Crippen molar-refractivity contribution in [3.63, 3.8) is 0 Å². The van der Waals surface area contributed by atoms with Crippen molar-refractivity contribution in [1.82, 2.24) is 5.32 Å². The fourth-order valence-electron chi connectivity index (χ4n) is 2.82. The lowest BCUT2D eigenvalue weighted by molar-refractivity contribution is -0.142. The summed E-state index contributed by atoms with van der Waals surface area (Å²) in [5.74, 6) is -0.829. The molecule has 138 valence electrons. The van der Waals surface area contributed by atoms with Crippen LogP contribution in [0.1, 0.15) is 15.9 Å².